The molecule has 5 heteroatoms. The molecule has 138 valence electrons. The predicted molar refractivity (Wildman–Crippen MR) is 113 cm³/mol. The lowest BCUT2D eigenvalue weighted by molar-refractivity contribution is 0.795. The average Bonchev–Trinajstić information content (AvgIpc) is 2.75. The van der Waals surface area contributed by atoms with Gasteiger partial charge in [0.25, 0.3) is 0 Å². The van der Waals surface area contributed by atoms with Crippen molar-refractivity contribution in [3.05, 3.63) is 102 Å². The van der Waals surface area contributed by atoms with E-state index in [0.717, 1.165) is 28.7 Å². The Morgan fingerprint density at radius 3 is 2.07 bits per heavy atom. The molecule has 0 aliphatic heterocycles. The van der Waals surface area contributed by atoms with E-state index >= 15 is 0 Å². The van der Waals surface area contributed by atoms with Crippen molar-refractivity contribution in [2.75, 3.05) is 11.5 Å². The lowest BCUT2D eigenvalue weighted by Gasteiger charge is -2.20. The number of nitrogens with zero attached hydrogens (tertiary/aromatic N) is 3. The van der Waals surface area contributed by atoms with Crippen molar-refractivity contribution in [2.45, 2.75) is 12.3 Å². The van der Waals surface area contributed by atoms with E-state index in [1.54, 1.807) is 18.6 Å². The molecule has 0 fully saturated rings. The fraction of sp³-hybridized carbons (Fsp3) is 0.0870. The standard InChI is InChI=1S/C23H21N5/c24-19-12-22(23(25)28-15-19)20-8-2-1-5-16(20)11-21(17-6-3-9-26-13-17)18-7-4-10-27-14-18/h1-10,12-15,21H,11,24H2,(H2,25,28). The summed E-state index contributed by atoms with van der Waals surface area (Å²) in [5, 5.41) is 0. The largest absolute Gasteiger partial charge is 0.397 e. The highest BCUT2D eigenvalue weighted by atomic mass is 14.8. The summed E-state index contributed by atoms with van der Waals surface area (Å²) < 4.78 is 0. The van der Waals surface area contributed by atoms with Gasteiger partial charge < -0.3 is 11.5 Å². The summed E-state index contributed by atoms with van der Waals surface area (Å²) in [5.41, 5.74) is 18.1. The molecule has 0 unspecified atom stereocenters. The van der Waals surface area contributed by atoms with Crippen LogP contribution in [0.3, 0.4) is 0 Å². The van der Waals surface area contributed by atoms with Gasteiger partial charge in [0.1, 0.15) is 5.82 Å². The number of pyridine rings is 3. The zero-order valence-electron chi connectivity index (χ0n) is 15.4. The second kappa shape index (κ2) is 7.88. The van der Waals surface area contributed by atoms with Gasteiger partial charge in [0.05, 0.1) is 11.9 Å². The first-order valence-corrected chi connectivity index (χ1v) is 9.11. The number of nitrogen functional groups attached to an aromatic ring is 2. The molecule has 0 atom stereocenters. The predicted octanol–water partition coefficient (Wildman–Crippen LogP) is 4.08. The van der Waals surface area contributed by atoms with E-state index in [0.29, 0.717) is 11.5 Å². The number of nitrogens with two attached hydrogens (primary N) is 2. The molecule has 5 nitrogen and oxygen atoms in total. The Kier molecular flexibility index (Phi) is 4.97. The normalized spacial score (nSPS) is 10.9. The van der Waals surface area contributed by atoms with Crippen LogP contribution in [0.5, 0.6) is 0 Å². The van der Waals surface area contributed by atoms with E-state index in [4.69, 9.17) is 11.5 Å². The Labute approximate surface area is 164 Å². The van der Waals surface area contributed by atoms with Crippen molar-refractivity contribution < 1.29 is 0 Å². The maximum Gasteiger partial charge on any atom is 0.131 e. The van der Waals surface area contributed by atoms with E-state index in [1.807, 2.05) is 42.7 Å². The van der Waals surface area contributed by atoms with Crippen LogP contribution in [0.1, 0.15) is 22.6 Å². The maximum atomic E-state index is 6.16. The molecule has 3 heterocycles. The van der Waals surface area contributed by atoms with Crippen molar-refractivity contribution in [3.8, 4) is 11.1 Å². The Morgan fingerprint density at radius 1 is 0.750 bits per heavy atom. The highest BCUT2D eigenvalue weighted by Crippen LogP contribution is 2.34. The van der Waals surface area contributed by atoms with Crippen molar-refractivity contribution in [1.82, 2.24) is 15.0 Å². The molecule has 0 amide bonds. The molecule has 0 saturated carbocycles. The molecule has 4 aromatic rings. The van der Waals surface area contributed by atoms with Crippen LogP contribution in [-0.2, 0) is 6.42 Å². The first-order valence-electron chi connectivity index (χ1n) is 9.11. The van der Waals surface area contributed by atoms with E-state index in [2.05, 4.69) is 39.2 Å². The fourth-order valence-corrected chi connectivity index (χ4v) is 3.48. The van der Waals surface area contributed by atoms with Crippen LogP contribution in [0.25, 0.3) is 11.1 Å². The third kappa shape index (κ3) is 3.69. The fourth-order valence-electron chi connectivity index (χ4n) is 3.48. The summed E-state index contributed by atoms with van der Waals surface area (Å²) in [7, 11) is 0. The van der Waals surface area contributed by atoms with Gasteiger partial charge in [-0.25, -0.2) is 4.98 Å². The van der Waals surface area contributed by atoms with Gasteiger partial charge in [0.15, 0.2) is 0 Å². The third-order valence-corrected chi connectivity index (χ3v) is 4.84. The second-order valence-electron chi connectivity index (χ2n) is 6.69. The molecule has 3 aromatic heterocycles. The molecule has 4 N–H and O–H groups in total. The highest BCUT2D eigenvalue weighted by molar-refractivity contribution is 5.78. The molecule has 28 heavy (non-hydrogen) atoms. The van der Waals surface area contributed by atoms with Crippen LogP contribution >= 0.6 is 0 Å². The lowest BCUT2D eigenvalue weighted by Crippen LogP contribution is -2.07. The van der Waals surface area contributed by atoms with Crippen molar-refractivity contribution >= 4 is 11.5 Å². The van der Waals surface area contributed by atoms with Gasteiger partial charge in [-0.2, -0.15) is 0 Å². The second-order valence-corrected chi connectivity index (χ2v) is 6.69. The quantitative estimate of drug-likeness (QED) is 0.555. The van der Waals surface area contributed by atoms with Crippen LogP contribution in [0.15, 0.2) is 85.6 Å². The summed E-state index contributed by atoms with van der Waals surface area (Å²) in [6.45, 7) is 0. The molecule has 0 bridgehead atoms. The van der Waals surface area contributed by atoms with Crippen LogP contribution in [0.4, 0.5) is 11.5 Å². The molecule has 0 saturated heterocycles. The van der Waals surface area contributed by atoms with Gasteiger partial charge in [0.2, 0.25) is 0 Å². The first-order chi connectivity index (χ1) is 13.7. The summed E-state index contributed by atoms with van der Waals surface area (Å²) >= 11 is 0. The number of anilines is 2. The van der Waals surface area contributed by atoms with Gasteiger partial charge in [-0.05, 0) is 46.9 Å². The minimum Gasteiger partial charge on any atom is -0.397 e. The summed E-state index contributed by atoms with van der Waals surface area (Å²) in [6.07, 6.45) is 9.76. The smallest absolute Gasteiger partial charge is 0.131 e. The van der Waals surface area contributed by atoms with E-state index in [-0.39, 0.29) is 5.92 Å². The van der Waals surface area contributed by atoms with Crippen LogP contribution in [0.2, 0.25) is 0 Å². The van der Waals surface area contributed by atoms with Gasteiger partial charge in [-0.15, -0.1) is 0 Å². The zero-order chi connectivity index (χ0) is 19.3. The number of rotatable bonds is 5. The van der Waals surface area contributed by atoms with Crippen molar-refractivity contribution in [2.24, 2.45) is 0 Å². The third-order valence-electron chi connectivity index (χ3n) is 4.84. The van der Waals surface area contributed by atoms with E-state index in [1.165, 1.54) is 5.56 Å². The van der Waals surface area contributed by atoms with Crippen molar-refractivity contribution in [1.29, 1.82) is 0 Å². The lowest BCUT2D eigenvalue weighted by atomic mass is 9.85. The van der Waals surface area contributed by atoms with Crippen molar-refractivity contribution in [3.63, 3.8) is 0 Å². The molecule has 0 radical (unpaired) electrons. The van der Waals surface area contributed by atoms with Crippen LogP contribution in [0, 0.1) is 0 Å². The Morgan fingerprint density at radius 2 is 1.43 bits per heavy atom. The topological polar surface area (TPSA) is 90.7 Å². The van der Waals surface area contributed by atoms with Gasteiger partial charge in [-0.3, -0.25) is 9.97 Å². The highest BCUT2D eigenvalue weighted by Gasteiger charge is 2.18. The van der Waals surface area contributed by atoms with Crippen LogP contribution < -0.4 is 11.5 Å². The zero-order valence-corrected chi connectivity index (χ0v) is 15.4. The van der Waals surface area contributed by atoms with E-state index < -0.39 is 0 Å². The summed E-state index contributed by atoms with van der Waals surface area (Å²) in [4.78, 5) is 12.8. The molecule has 0 aliphatic carbocycles. The number of aromatic nitrogens is 3. The maximum absolute atomic E-state index is 6.16. The molecular formula is C23H21N5. The summed E-state index contributed by atoms with van der Waals surface area (Å²) in [5.74, 6) is 0.597. The Bertz CT molecular complexity index is 1030. The molecule has 0 spiro atoms. The Balaban J connectivity index is 1.79. The Hall–Kier alpha value is -3.73. The molecule has 4 rings (SSSR count). The van der Waals surface area contributed by atoms with E-state index in [9.17, 15) is 0 Å². The molecule has 1 aromatic carbocycles. The SMILES string of the molecule is Nc1cnc(N)c(-c2ccccc2CC(c2cccnc2)c2cccnc2)c1. The monoisotopic (exact) mass is 367 g/mol. The van der Waals surface area contributed by atoms with Gasteiger partial charge in [-0.1, -0.05) is 36.4 Å². The summed E-state index contributed by atoms with van der Waals surface area (Å²) in [6, 6.07) is 18.2. The molecular weight excluding hydrogens is 346 g/mol. The number of hydrogen-bond acceptors (Lipinski definition) is 5. The minimum absolute atomic E-state index is 0.124. The van der Waals surface area contributed by atoms with Gasteiger partial charge >= 0.3 is 0 Å². The van der Waals surface area contributed by atoms with Gasteiger partial charge in [0, 0.05) is 36.3 Å². The minimum atomic E-state index is 0.124. The number of benzene rings is 1. The molecule has 0 aliphatic rings. The van der Waals surface area contributed by atoms with Crippen LogP contribution in [-0.4, -0.2) is 15.0 Å². The average molecular weight is 367 g/mol. The first kappa shape index (κ1) is 17.7. The number of hydrogen-bond donors (Lipinski definition) is 2.